The van der Waals surface area contributed by atoms with Crippen molar-refractivity contribution in [1.29, 1.82) is 0 Å². The van der Waals surface area contributed by atoms with Crippen molar-refractivity contribution < 1.29 is 4.79 Å². The lowest BCUT2D eigenvalue weighted by Crippen LogP contribution is -2.16. The number of carbonyl (C=O) groups is 1. The molecule has 1 heterocycles. The maximum atomic E-state index is 12.6. The first-order valence-corrected chi connectivity index (χ1v) is 8.63. The monoisotopic (exact) mass is 386 g/mol. The summed E-state index contributed by atoms with van der Waals surface area (Å²) in [6, 6.07) is 14.2. The molecule has 7 heteroatoms. The second kappa shape index (κ2) is 7.72. The summed E-state index contributed by atoms with van der Waals surface area (Å²) in [6.07, 6.45) is 0. The van der Waals surface area contributed by atoms with Crippen molar-refractivity contribution in [3.8, 4) is 0 Å². The normalized spacial score (nSPS) is 10.5. The Kier molecular flexibility index (Phi) is 5.40. The third-order valence-electron chi connectivity index (χ3n) is 3.66. The zero-order valence-electron chi connectivity index (χ0n) is 14.2. The second-order valence-electron chi connectivity index (χ2n) is 5.74. The van der Waals surface area contributed by atoms with E-state index in [-0.39, 0.29) is 17.5 Å². The Bertz CT molecular complexity index is 976. The fourth-order valence-electron chi connectivity index (χ4n) is 2.35. The summed E-state index contributed by atoms with van der Waals surface area (Å²) in [5.74, 6) is -0.0285. The standard InChI is InChI=1S/C19H16Cl2N4O/c1-11-5-3-4-6-15(11)23-18(26)17-9-12(2)22-19(25-17)24-16-8-7-13(20)10-14(16)21/h3-10H,1-2H3,(H,23,26)(H,22,24,25). The molecule has 0 atom stereocenters. The number of anilines is 3. The SMILES string of the molecule is Cc1cc(C(=O)Nc2ccccc2C)nc(Nc2ccc(Cl)cc2Cl)n1. The van der Waals surface area contributed by atoms with Gasteiger partial charge in [0.05, 0.1) is 10.7 Å². The first kappa shape index (κ1) is 18.2. The van der Waals surface area contributed by atoms with Crippen molar-refractivity contribution in [1.82, 2.24) is 9.97 Å². The predicted molar refractivity (Wildman–Crippen MR) is 106 cm³/mol. The highest BCUT2D eigenvalue weighted by Crippen LogP contribution is 2.27. The molecule has 0 aliphatic carbocycles. The van der Waals surface area contributed by atoms with E-state index in [1.165, 1.54) is 0 Å². The summed E-state index contributed by atoms with van der Waals surface area (Å²) < 4.78 is 0. The number of nitrogens with one attached hydrogen (secondary N) is 2. The van der Waals surface area contributed by atoms with Gasteiger partial charge in [-0.2, -0.15) is 0 Å². The van der Waals surface area contributed by atoms with E-state index in [1.807, 2.05) is 31.2 Å². The number of amides is 1. The lowest BCUT2D eigenvalue weighted by Gasteiger charge is -2.11. The maximum absolute atomic E-state index is 12.6. The molecule has 2 N–H and O–H groups in total. The second-order valence-corrected chi connectivity index (χ2v) is 6.58. The number of hydrogen-bond donors (Lipinski definition) is 2. The van der Waals surface area contributed by atoms with E-state index >= 15 is 0 Å². The van der Waals surface area contributed by atoms with Gasteiger partial charge in [-0.3, -0.25) is 4.79 Å². The fraction of sp³-hybridized carbons (Fsp3) is 0.105. The molecule has 0 aliphatic heterocycles. The minimum Gasteiger partial charge on any atom is -0.323 e. The van der Waals surface area contributed by atoms with E-state index in [9.17, 15) is 4.79 Å². The molecule has 0 aliphatic rings. The Hall–Kier alpha value is -2.63. The van der Waals surface area contributed by atoms with Crippen LogP contribution in [-0.2, 0) is 0 Å². The predicted octanol–water partition coefficient (Wildman–Crippen LogP) is 5.40. The van der Waals surface area contributed by atoms with Crippen molar-refractivity contribution in [2.75, 3.05) is 10.6 Å². The lowest BCUT2D eigenvalue weighted by atomic mass is 10.2. The van der Waals surface area contributed by atoms with Gasteiger partial charge in [0.15, 0.2) is 0 Å². The number of aromatic nitrogens is 2. The minimum atomic E-state index is -0.310. The molecule has 26 heavy (non-hydrogen) atoms. The molecule has 0 saturated carbocycles. The molecular weight excluding hydrogens is 371 g/mol. The topological polar surface area (TPSA) is 66.9 Å². The van der Waals surface area contributed by atoms with Gasteiger partial charge in [-0.15, -0.1) is 0 Å². The summed E-state index contributed by atoms with van der Waals surface area (Å²) in [7, 11) is 0. The number of halogens is 2. The van der Waals surface area contributed by atoms with Crippen molar-refractivity contribution in [2.45, 2.75) is 13.8 Å². The van der Waals surface area contributed by atoms with Gasteiger partial charge in [0.2, 0.25) is 5.95 Å². The number of nitrogens with zero attached hydrogens (tertiary/aromatic N) is 2. The van der Waals surface area contributed by atoms with Crippen molar-refractivity contribution in [2.24, 2.45) is 0 Å². The van der Waals surface area contributed by atoms with Gasteiger partial charge in [-0.25, -0.2) is 9.97 Å². The number of para-hydroxylation sites is 1. The third kappa shape index (κ3) is 4.31. The number of carbonyl (C=O) groups excluding carboxylic acids is 1. The van der Waals surface area contributed by atoms with Crippen LogP contribution in [0.2, 0.25) is 10.0 Å². The number of hydrogen-bond acceptors (Lipinski definition) is 4. The number of aryl methyl sites for hydroxylation is 2. The first-order chi connectivity index (χ1) is 12.4. The molecule has 0 unspecified atom stereocenters. The zero-order chi connectivity index (χ0) is 18.7. The van der Waals surface area contributed by atoms with Crippen LogP contribution in [0.5, 0.6) is 0 Å². The Labute approximate surface area is 161 Å². The van der Waals surface area contributed by atoms with E-state index in [4.69, 9.17) is 23.2 Å². The molecule has 0 spiro atoms. The van der Waals surface area contributed by atoms with E-state index in [2.05, 4.69) is 20.6 Å². The van der Waals surface area contributed by atoms with E-state index in [1.54, 1.807) is 31.2 Å². The molecule has 1 aromatic heterocycles. The minimum absolute atomic E-state index is 0.258. The van der Waals surface area contributed by atoms with Crippen molar-refractivity contribution in [3.05, 3.63) is 75.5 Å². The van der Waals surface area contributed by atoms with Crippen molar-refractivity contribution >= 4 is 46.4 Å². The van der Waals surface area contributed by atoms with Crippen LogP contribution in [0, 0.1) is 13.8 Å². The smallest absolute Gasteiger partial charge is 0.274 e. The van der Waals surface area contributed by atoms with Gasteiger partial charge in [-0.1, -0.05) is 41.4 Å². The summed E-state index contributed by atoms with van der Waals surface area (Å²) in [5, 5.41) is 6.85. The summed E-state index contributed by atoms with van der Waals surface area (Å²) in [5.41, 5.74) is 3.23. The lowest BCUT2D eigenvalue weighted by molar-refractivity contribution is 0.102. The molecule has 0 bridgehead atoms. The molecule has 0 fully saturated rings. The van der Waals surface area contributed by atoms with E-state index in [0.717, 1.165) is 11.3 Å². The van der Waals surface area contributed by atoms with Crippen LogP contribution in [0.4, 0.5) is 17.3 Å². The van der Waals surface area contributed by atoms with Gasteiger partial charge in [0.1, 0.15) is 5.69 Å². The Morgan fingerprint density at radius 3 is 2.46 bits per heavy atom. The molecule has 3 aromatic rings. The van der Waals surface area contributed by atoms with Crippen LogP contribution in [0.3, 0.4) is 0 Å². The van der Waals surface area contributed by atoms with Crippen LogP contribution >= 0.6 is 23.2 Å². The molecule has 0 saturated heterocycles. The largest absolute Gasteiger partial charge is 0.323 e. The summed E-state index contributed by atoms with van der Waals surface area (Å²) in [4.78, 5) is 21.2. The molecule has 5 nitrogen and oxygen atoms in total. The number of benzene rings is 2. The molecule has 1 amide bonds. The number of rotatable bonds is 4. The van der Waals surface area contributed by atoms with E-state index in [0.29, 0.717) is 21.4 Å². The van der Waals surface area contributed by atoms with Crippen LogP contribution < -0.4 is 10.6 Å². The highest BCUT2D eigenvalue weighted by molar-refractivity contribution is 6.36. The Morgan fingerprint density at radius 2 is 1.73 bits per heavy atom. The highest BCUT2D eigenvalue weighted by atomic mass is 35.5. The quantitative estimate of drug-likeness (QED) is 0.629. The summed E-state index contributed by atoms with van der Waals surface area (Å²) >= 11 is 12.1. The highest BCUT2D eigenvalue weighted by Gasteiger charge is 2.13. The van der Waals surface area contributed by atoms with Gasteiger partial charge in [-0.05, 0) is 49.7 Å². The van der Waals surface area contributed by atoms with Crippen LogP contribution in [-0.4, -0.2) is 15.9 Å². The van der Waals surface area contributed by atoms with Gasteiger partial charge in [0, 0.05) is 16.4 Å². The molecular formula is C19H16Cl2N4O. The van der Waals surface area contributed by atoms with Crippen LogP contribution in [0.15, 0.2) is 48.5 Å². The maximum Gasteiger partial charge on any atom is 0.274 e. The Morgan fingerprint density at radius 1 is 0.962 bits per heavy atom. The molecule has 132 valence electrons. The zero-order valence-corrected chi connectivity index (χ0v) is 15.7. The van der Waals surface area contributed by atoms with Crippen LogP contribution in [0.25, 0.3) is 0 Å². The fourth-order valence-corrected chi connectivity index (χ4v) is 2.81. The molecule has 2 aromatic carbocycles. The molecule has 0 radical (unpaired) electrons. The first-order valence-electron chi connectivity index (χ1n) is 7.87. The van der Waals surface area contributed by atoms with Gasteiger partial charge >= 0.3 is 0 Å². The third-order valence-corrected chi connectivity index (χ3v) is 4.21. The average Bonchev–Trinajstić information content (AvgIpc) is 2.59. The van der Waals surface area contributed by atoms with Gasteiger partial charge in [0.25, 0.3) is 5.91 Å². The average molecular weight is 387 g/mol. The van der Waals surface area contributed by atoms with E-state index < -0.39 is 0 Å². The van der Waals surface area contributed by atoms with Crippen molar-refractivity contribution in [3.63, 3.8) is 0 Å². The summed E-state index contributed by atoms with van der Waals surface area (Å²) in [6.45, 7) is 3.72. The van der Waals surface area contributed by atoms with Crippen LogP contribution in [0.1, 0.15) is 21.7 Å². The Balaban J connectivity index is 1.85. The van der Waals surface area contributed by atoms with Gasteiger partial charge < -0.3 is 10.6 Å². The molecule has 3 rings (SSSR count).